The number of methoxy groups -OCH3 is 1. The standard InChI is InChI=1S/C13H17N3O3S/c1-5-16(3)6-8-14-11(17)9-7(2)10(13(18)19-4)20-12(9)15-8/h5-6H2,1-4H3,(H,14,15,17). The molecule has 0 amide bonds. The van der Waals surface area contributed by atoms with Gasteiger partial charge in [0, 0.05) is 0 Å². The molecule has 2 heterocycles. The fourth-order valence-corrected chi connectivity index (χ4v) is 3.04. The molecule has 2 aromatic heterocycles. The Balaban J connectivity index is 2.55. The van der Waals surface area contributed by atoms with Crippen molar-refractivity contribution in [3.8, 4) is 0 Å². The monoisotopic (exact) mass is 295 g/mol. The van der Waals surface area contributed by atoms with Gasteiger partial charge in [0.25, 0.3) is 5.56 Å². The molecule has 20 heavy (non-hydrogen) atoms. The predicted octanol–water partition coefficient (Wildman–Crippen LogP) is 1.53. The van der Waals surface area contributed by atoms with Crippen LogP contribution in [0.4, 0.5) is 0 Å². The maximum absolute atomic E-state index is 12.2. The van der Waals surface area contributed by atoms with Crippen molar-refractivity contribution in [1.82, 2.24) is 14.9 Å². The maximum Gasteiger partial charge on any atom is 0.348 e. The molecular weight excluding hydrogens is 278 g/mol. The van der Waals surface area contributed by atoms with Crippen molar-refractivity contribution in [2.75, 3.05) is 20.7 Å². The first-order valence-corrected chi connectivity index (χ1v) is 7.08. The number of hydrogen-bond acceptors (Lipinski definition) is 6. The second-order valence-electron chi connectivity index (χ2n) is 4.57. The Hall–Kier alpha value is -1.73. The smallest absolute Gasteiger partial charge is 0.348 e. The average Bonchev–Trinajstić information content (AvgIpc) is 2.75. The van der Waals surface area contributed by atoms with E-state index < -0.39 is 5.97 Å². The summed E-state index contributed by atoms with van der Waals surface area (Å²) in [5, 5.41) is 0.471. The Morgan fingerprint density at radius 2 is 2.20 bits per heavy atom. The number of nitrogens with one attached hydrogen (secondary N) is 1. The topological polar surface area (TPSA) is 75.3 Å². The van der Waals surface area contributed by atoms with Crippen LogP contribution in [0.1, 0.15) is 28.0 Å². The van der Waals surface area contributed by atoms with Gasteiger partial charge in [0.15, 0.2) is 0 Å². The number of aromatic nitrogens is 2. The van der Waals surface area contributed by atoms with Crippen LogP contribution in [-0.4, -0.2) is 41.5 Å². The number of H-pyrrole nitrogens is 1. The molecule has 0 bridgehead atoms. The van der Waals surface area contributed by atoms with E-state index in [-0.39, 0.29) is 5.56 Å². The number of fused-ring (bicyclic) bond motifs is 1. The van der Waals surface area contributed by atoms with Gasteiger partial charge in [-0.1, -0.05) is 6.92 Å². The quantitative estimate of drug-likeness (QED) is 0.866. The summed E-state index contributed by atoms with van der Waals surface area (Å²) in [6.07, 6.45) is 0. The summed E-state index contributed by atoms with van der Waals surface area (Å²) in [5.74, 6) is 0.168. The summed E-state index contributed by atoms with van der Waals surface area (Å²) in [4.78, 5) is 34.1. The minimum Gasteiger partial charge on any atom is -0.465 e. The van der Waals surface area contributed by atoms with Crippen LogP contribution in [0.3, 0.4) is 0 Å². The molecule has 1 N–H and O–H groups in total. The Labute approximate surface area is 120 Å². The molecule has 0 fully saturated rings. The third-order valence-electron chi connectivity index (χ3n) is 3.18. The Bertz CT molecular complexity index is 705. The highest BCUT2D eigenvalue weighted by molar-refractivity contribution is 7.20. The lowest BCUT2D eigenvalue weighted by Crippen LogP contribution is -2.21. The minimum absolute atomic E-state index is 0.210. The van der Waals surface area contributed by atoms with Crippen molar-refractivity contribution >= 4 is 27.5 Å². The van der Waals surface area contributed by atoms with Crippen LogP contribution in [0.25, 0.3) is 10.2 Å². The molecule has 0 aromatic carbocycles. The molecular formula is C13H17N3O3S. The van der Waals surface area contributed by atoms with E-state index in [0.29, 0.717) is 33.0 Å². The van der Waals surface area contributed by atoms with E-state index in [2.05, 4.69) is 9.97 Å². The Kier molecular flexibility index (Phi) is 4.20. The number of carbonyl (C=O) groups excluding carboxylic acids is 1. The SMILES string of the molecule is CCN(C)Cc1nc2sc(C(=O)OC)c(C)c2c(=O)[nH]1. The number of ether oxygens (including phenoxy) is 1. The van der Waals surface area contributed by atoms with Gasteiger partial charge >= 0.3 is 5.97 Å². The van der Waals surface area contributed by atoms with Crippen LogP contribution in [0.2, 0.25) is 0 Å². The fraction of sp³-hybridized carbons (Fsp3) is 0.462. The fourth-order valence-electron chi connectivity index (χ4n) is 1.92. The zero-order chi connectivity index (χ0) is 14.9. The Morgan fingerprint density at radius 1 is 1.50 bits per heavy atom. The molecule has 0 unspecified atom stereocenters. The summed E-state index contributed by atoms with van der Waals surface area (Å²) in [6.45, 7) is 5.19. The molecule has 6 nitrogen and oxygen atoms in total. The van der Waals surface area contributed by atoms with E-state index in [4.69, 9.17) is 4.74 Å². The van der Waals surface area contributed by atoms with Crippen molar-refractivity contribution in [2.45, 2.75) is 20.4 Å². The summed E-state index contributed by atoms with van der Waals surface area (Å²) >= 11 is 1.20. The summed E-state index contributed by atoms with van der Waals surface area (Å²) in [6, 6.07) is 0. The number of thiophene rings is 1. The van der Waals surface area contributed by atoms with Crippen LogP contribution in [0.15, 0.2) is 4.79 Å². The number of nitrogens with zero attached hydrogens (tertiary/aromatic N) is 2. The van der Waals surface area contributed by atoms with E-state index in [1.807, 2.05) is 18.9 Å². The largest absolute Gasteiger partial charge is 0.465 e. The van der Waals surface area contributed by atoms with Crippen molar-refractivity contribution in [3.05, 3.63) is 26.6 Å². The van der Waals surface area contributed by atoms with Crippen molar-refractivity contribution in [3.63, 3.8) is 0 Å². The first-order valence-electron chi connectivity index (χ1n) is 6.27. The zero-order valence-electron chi connectivity index (χ0n) is 11.9. The van der Waals surface area contributed by atoms with Crippen LogP contribution < -0.4 is 5.56 Å². The summed E-state index contributed by atoms with van der Waals surface area (Å²) in [7, 11) is 3.27. The molecule has 108 valence electrons. The third kappa shape index (κ3) is 2.59. The number of aromatic amines is 1. The molecule has 2 rings (SSSR count). The molecule has 0 aliphatic carbocycles. The van der Waals surface area contributed by atoms with Gasteiger partial charge in [0.2, 0.25) is 0 Å². The minimum atomic E-state index is -0.433. The van der Waals surface area contributed by atoms with E-state index in [1.54, 1.807) is 6.92 Å². The zero-order valence-corrected chi connectivity index (χ0v) is 12.8. The van der Waals surface area contributed by atoms with E-state index in [9.17, 15) is 9.59 Å². The number of rotatable bonds is 4. The molecule has 0 atom stereocenters. The molecule has 2 aromatic rings. The molecule has 0 saturated carbocycles. The second kappa shape index (κ2) is 5.72. The average molecular weight is 295 g/mol. The van der Waals surface area contributed by atoms with E-state index in [1.165, 1.54) is 18.4 Å². The number of carbonyl (C=O) groups is 1. The van der Waals surface area contributed by atoms with Gasteiger partial charge in [-0.15, -0.1) is 11.3 Å². The summed E-state index contributed by atoms with van der Waals surface area (Å²) < 4.78 is 4.72. The van der Waals surface area contributed by atoms with Gasteiger partial charge in [-0.3, -0.25) is 9.69 Å². The van der Waals surface area contributed by atoms with Gasteiger partial charge in [0.1, 0.15) is 15.5 Å². The molecule has 0 aliphatic heterocycles. The molecule has 7 heteroatoms. The lowest BCUT2D eigenvalue weighted by molar-refractivity contribution is 0.0605. The number of aryl methyl sites for hydroxylation is 1. The summed E-state index contributed by atoms with van der Waals surface area (Å²) in [5.41, 5.74) is 0.416. The molecule has 0 saturated heterocycles. The van der Waals surface area contributed by atoms with Crippen molar-refractivity contribution in [2.24, 2.45) is 0 Å². The first-order chi connectivity index (χ1) is 9.47. The Morgan fingerprint density at radius 3 is 2.80 bits per heavy atom. The second-order valence-corrected chi connectivity index (χ2v) is 5.57. The van der Waals surface area contributed by atoms with Crippen molar-refractivity contribution in [1.29, 1.82) is 0 Å². The highest BCUT2D eigenvalue weighted by Crippen LogP contribution is 2.27. The van der Waals surface area contributed by atoms with Crippen LogP contribution >= 0.6 is 11.3 Å². The van der Waals surface area contributed by atoms with Crippen LogP contribution in [0.5, 0.6) is 0 Å². The maximum atomic E-state index is 12.2. The highest BCUT2D eigenvalue weighted by Gasteiger charge is 2.19. The third-order valence-corrected chi connectivity index (χ3v) is 4.35. The normalized spacial score (nSPS) is 11.2. The number of hydrogen-bond donors (Lipinski definition) is 1. The van der Waals surface area contributed by atoms with Crippen LogP contribution in [0, 0.1) is 6.92 Å². The van der Waals surface area contributed by atoms with E-state index in [0.717, 1.165) is 6.54 Å². The first kappa shape index (κ1) is 14.7. The predicted molar refractivity (Wildman–Crippen MR) is 78.3 cm³/mol. The lowest BCUT2D eigenvalue weighted by Gasteiger charge is -2.12. The highest BCUT2D eigenvalue weighted by atomic mass is 32.1. The van der Waals surface area contributed by atoms with Gasteiger partial charge in [0.05, 0.1) is 19.0 Å². The van der Waals surface area contributed by atoms with Crippen LogP contribution in [-0.2, 0) is 11.3 Å². The molecule has 0 radical (unpaired) electrons. The lowest BCUT2D eigenvalue weighted by atomic mass is 10.2. The van der Waals surface area contributed by atoms with Crippen molar-refractivity contribution < 1.29 is 9.53 Å². The number of esters is 1. The molecule has 0 spiro atoms. The molecule has 0 aliphatic rings. The van der Waals surface area contributed by atoms with E-state index >= 15 is 0 Å². The van der Waals surface area contributed by atoms with Gasteiger partial charge in [-0.05, 0) is 26.1 Å². The van der Waals surface area contributed by atoms with Gasteiger partial charge in [-0.25, -0.2) is 9.78 Å². The van der Waals surface area contributed by atoms with Gasteiger partial charge < -0.3 is 9.72 Å². The van der Waals surface area contributed by atoms with Gasteiger partial charge in [-0.2, -0.15) is 0 Å².